The van der Waals surface area contributed by atoms with Gasteiger partial charge in [0.2, 0.25) is 0 Å². The molecule has 0 radical (unpaired) electrons. The van der Waals surface area contributed by atoms with Crippen molar-refractivity contribution in [2.24, 2.45) is 0 Å². The zero-order valence-electron chi connectivity index (χ0n) is 13.0. The number of nitrogens with zero attached hydrogens (tertiary/aromatic N) is 3. The van der Waals surface area contributed by atoms with Crippen LogP contribution in [0.2, 0.25) is 0 Å². The fourth-order valence-corrected chi connectivity index (χ4v) is 2.65. The van der Waals surface area contributed by atoms with Gasteiger partial charge in [0.15, 0.2) is 0 Å². The average Bonchev–Trinajstić information content (AvgIpc) is 2.84. The van der Waals surface area contributed by atoms with Crippen LogP contribution in [0.1, 0.15) is 34.1 Å². The number of hydrogen-bond acceptors (Lipinski definition) is 1. The molecule has 1 fully saturated rings. The van der Waals surface area contributed by atoms with Crippen molar-refractivity contribution in [2.45, 2.75) is 46.2 Å². The zero-order chi connectivity index (χ0) is 13.8. The monoisotopic (exact) mass is 295 g/mol. The van der Waals surface area contributed by atoms with Crippen molar-refractivity contribution in [3.63, 3.8) is 0 Å². The summed E-state index contributed by atoms with van der Waals surface area (Å²) in [6, 6.07) is 11.7. The Morgan fingerprint density at radius 2 is 1.60 bits per heavy atom. The van der Waals surface area contributed by atoms with E-state index in [1.54, 1.807) is 0 Å². The lowest BCUT2D eigenvalue weighted by Gasteiger charge is -2.24. The molecule has 20 heavy (non-hydrogen) atoms. The summed E-state index contributed by atoms with van der Waals surface area (Å²) in [6.07, 6.45) is 3.50. The van der Waals surface area contributed by atoms with Crippen LogP contribution in [0.4, 0.5) is 5.69 Å². The van der Waals surface area contributed by atoms with E-state index in [4.69, 9.17) is 0 Å². The number of hydrazine groups is 1. The molecule has 0 atom stereocenters. The van der Waals surface area contributed by atoms with Crippen LogP contribution in [0.3, 0.4) is 0 Å². The molecule has 2 rings (SSSR count). The predicted molar refractivity (Wildman–Crippen MR) is 81.7 cm³/mol. The molecule has 0 spiro atoms. The minimum absolute atomic E-state index is 0. The Labute approximate surface area is 129 Å². The third-order valence-corrected chi connectivity index (χ3v) is 3.58. The molecule has 0 amide bonds. The van der Waals surface area contributed by atoms with Gasteiger partial charge in [0.05, 0.1) is 24.3 Å². The molecule has 1 aliphatic rings. The maximum Gasteiger partial charge on any atom is 0.258 e. The molecule has 4 heteroatoms. The van der Waals surface area contributed by atoms with Gasteiger partial charge in [-0.2, -0.15) is 5.01 Å². The van der Waals surface area contributed by atoms with Gasteiger partial charge in [-0.15, -0.1) is 0 Å². The molecule has 1 aromatic rings. The molecule has 1 heterocycles. The van der Waals surface area contributed by atoms with Crippen molar-refractivity contribution in [3.8, 4) is 0 Å². The van der Waals surface area contributed by atoms with Gasteiger partial charge in [-0.3, -0.25) is 4.58 Å². The highest BCUT2D eigenvalue weighted by molar-refractivity contribution is 5.57. The van der Waals surface area contributed by atoms with E-state index in [1.807, 2.05) is 0 Å². The first-order valence-electron chi connectivity index (χ1n) is 7.31. The van der Waals surface area contributed by atoms with Crippen LogP contribution in [0.15, 0.2) is 30.3 Å². The number of benzene rings is 1. The third-order valence-electron chi connectivity index (χ3n) is 3.58. The van der Waals surface area contributed by atoms with E-state index in [0.717, 1.165) is 13.1 Å². The molecule has 0 unspecified atom stereocenters. The third kappa shape index (κ3) is 3.89. The number of halogens is 1. The molecule has 3 nitrogen and oxygen atoms in total. The van der Waals surface area contributed by atoms with E-state index in [9.17, 15) is 0 Å². The van der Waals surface area contributed by atoms with E-state index in [0.29, 0.717) is 12.1 Å². The summed E-state index contributed by atoms with van der Waals surface area (Å²) in [5, 5.41) is 4.73. The Morgan fingerprint density at radius 1 is 1.00 bits per heavy atom. The van der Waals surface area contributed by atoms with Crippen LogP contribution in [0.5, 0.6) is 0 Å². The van der Waals surface area contributed by atoms with Crippen molar-refractivity contribution >= 4 is 12.0 Å². The summed E-state index contributed by atoms with van der Waals surface area (Å²) in [7, 11) is 0. The standard InChI is InChI=1S/C16H26N3.ClH/c1-14(2)18(15(3)4)13-17-11-8-12-19(17)16-9-6-5-7-10-16;/h5-7,9-10,13-15H,8,11-12H2,1-4H3;1H/q+1;/p-1. The summed E-state index contributed by atoms with van der Waals surface area (Å²) in [4.78, 5) is 0. The van der Waals surface area contributed by atoms with Gasteiger partial charge in [-0.05, 0) is 39.8 Å². The SMILES string of the molecule is CC(C)[N+](=CN1CCCN1c1ccccc1)C(C)C.[Cl-]. The summed E-state index contributed by atoms with van der Waals surface area (Å²) >= 11 is 0. The van der Waals surface area contributed by atoms with Gasteiger partial charge in [-0.1, -0.05) is 18.2 Å². The van der Waals surface area contributed by atoms with Crippen LogP contribution >= 0.6 is 0 Å². The second kappa shape index (κ2) is 7.53. The molecule has 0 N–H and O–H groups in total. The zero-order valence-corrected chi connectivity index (χ0v) is 13.7. The van der Waals surface area contributed by atoms with Crippen LogP contribution in [0.25, 0.3) is 0 Å². The highest BCUT2D eigenvalue weighted by atomic mass is 35.5. The number of para-hydroxylation sites is 1. The predicted octanol–water partition coefficient (Wildman–Crippen LogP) is -0.0247. The first-order chi connectivity index (χ1) is 9.09. The van der Waals surface area contributed by atoms with E-state index >= 15 is 0 Å². The smallest absolute Gasteiger partial charge is 0.258 e. The molecule has 112 valence electrons. The molecule has 0 saturated carbocycles. The lowest BCUT2D eigenvalue weighted by molar-refractivity contribution is -0.587. The minimum Gasteiger partial charge on any atom is -1.00 e. The Morgan fingerprint density at radius 3 is 2.15 bits per heavy atom. The van der Waals surface area contributed by atoms with Gasteiger partial charge in [0.25, 0.3) is 6.34 Å². The maximum atomic E-state index is 2.42. The second-order valence-corrected chi connectivity index (χ2v) is 5.73. The van der Waals surface area contributed by atoms with Crippen molar-refractivity contribution in [1.29, 1.82) is 0 Å². The van der Waals surface area contributed by atoms with Gasteiger partial charge < -0.3 is 12.4 Å². The molecular weight excluding hydrogens is 270 g/mol. The second-order valence-electron chi connectivity index (χ2n) is 5.73. The van der Waals surface area contributed by atoms with Crippen molar-refractivity contribution < 1.29 is 17.0 Å². The van der Waals surface area contributed by atoms with E-state index < -0.39 is 0 Å². The Hall–Kier alpha value is -1.22. The highest BCUT2D eigenvalue weighted by Gasteiger charge is 2.27. The van der Waals surface area contributed by atoms with Gasteiger partial charge in [0.1, 0.15) is 6.54 Å². The summed E-state index contributed by atoms with van der Waals surface area (Å²) < 4.78 is 2.42. The average molecular weight is 296 g/mol. The molecule has 1 aromatic carbocycles. The van der Waals surface area contributed by atoms with Gasteiger partial charge in [-0.25, -0.2) is 5.01 Å². The summed E-state index contributed by atoms with van der Waals surface area (Å²) in [5.74, 6) is 0. The number of anilines is 1. The Balaban J connectivity index is 0.00000200. The fraction of sp³-hybridized carbons (Fsp3) is 0.562. The molecule has 0 aliphatic carbocycles. The van der Waals surface area contributed by atoms with Gasteiger partial charge >= 0.3 is 0 Å². The molecular formula is C16H26ClN3. The highest BCUT2D eigenvalue weighted by Crippen LogP contribution is 2.20. The molecule has 1 aliphatic heterocycles. The lowest BCUT2D eigenvalue weighted by atomic mass is 10.3. The first kappa shape index (κ1) is 16.8. The molecule has 0 aromatic heterocycles. The van der Waals surface area contributed by atoms with Crippen molar-refractivity contribution in [3.05, 3.63) is 30.3 Å². The molecule has 1 saturated heterocycles. The van der Waals surface area contributed by atoms with Crippen LogP contribution in [-0.2, 0) is 0 Å². The van der Waals surface area contributed by atoms with Crippen molar-refractivity contribution in [1.82, 2.24) is 5.01 Å². The van der Waals surface area contributed by atoms with E-state index in [1.165, 1.54) is 12.1 Å². The quantitative estimate of drug-likeness (QED) is 0.439. The van der Waals surface area contributed by atoms with Crippen LogP contribution in [-0.4, -0.2) is 41.1 Å². The lowest BCUT2D eigenvalue weighted by Crippen LogP contribution is -3.00. The minimum atomic E-state index is 0. The van der Waals surface area contributed by atoms with E-state index in [2.05, 4.69) is 79.0 Å². The first-order valence-corrected chi connectivity index (χ1v) is 7.31. The molecule has 0 bridgehead atoms. The summed E-state index contributed by atoms with van der Waals surface area (Å²) in [5.41, 5.74) is 1.28. The largest absolute Gasteiger partial charge is 1.00 e. The van der Waals surface area contributed by atoms with Crippen LogP contribution < -0.4 is 17.4 Å². The number of hydrogen-bond donors (Lipinski definition) is 0. The topological polar surface area (TPSA) is 9.49 Å². The Bertz CT molecular complexity index is 419. The van der Waals surface area contributed by atoms with Gasteiger partial charge in [0, 0.05) is 6.42 Å². The maximum absolute atomic E-state index is 2.42. The Kier molecular flexibility index (Phi) is 6.34. The van der Waals surface area contributed by atoms with E-state index in [-0.39, 0.29) is 12.4 Å². The number of rotatable bonds is 4. The van der Waals surface area contributed by atoms with Crippen molar-refractivity contribution in [2.75, 3.05) is 18.1 Å². The summed E-state index contributed by atoms with van der Waals surface area (Å²) in [6.45, 7) is 11.2. The van der Waals surface area contributed by atoms with Crippen LogP contribution in [0, 0.1) is 0 Å². The normalized spacial score (nSPS) is 14.7. The fourth-order valence-electron chi connectivity index (χ4n) is 2.65.